The van der Waals surface area contributed by atoms with E-state index in [0.29, 0.717) is 0 Å². The van der Waals surface area contributed by atoms with Crippen molar-refractivity contribution < 1.29 is 4.42 Å². The lowest BCUT2D eigenvalue weighted by molar-refractivity contribution is 0.428. The van der Waals surface area contributed by atoms with Crippen LogP contribution in [0.5, 0.6) is 0 Å². The third-order valence-electron chi connectivity index (χ3n) is 1.67. The van der Waals surface area contributed by atoms with E-state index in [4.69, 9.17) is 4.42 Å². The molecule has 0 radical (unpaired) electrons. The number of aromatic nitrogens is 1. The Kier molecular flexibility index (Phi) is 1.74. The standard InChI is InChI=1S/C8H9NOS/c1-11-8-9-6-4-2-3-5-7(6)10-8/h4-5H,2-3H2,1H3. The van der Waals surface area contributed by atoms with Crippen molar-refractivity contribution >= 4 is 23.9 Å². The summed E-state index contributed by atoms with van der Waals surface area (Å²) in [5, 5.41) is 1.78. The van der Waals surface area contributed by atoms with Crippen LogP contribution >= 0.6 is 11.8 Å². The molecule has 2 rings (SSSR count). The maximum Gasteiger partial charge on any atom is 0.256 e. The molecule has 0 fully saturated rings. The Bertz CT molecular complexity index is 332. The molecule has 3 heteroatoms. The summed E-state index contributed by atoms with van der Waals surface area (Å²) < 4.78 is 5.42. The Hall–Kier alpha value is -0.700. The second kappa shape index (κ2) is 2.74. The number of thioether (sulfide) groups is 1. The molecule has 0 aliphatic heterocycles. The average molecular weight is 167 g/mol. The summed E-state index contributed by atoms with van der Waals surface area (Å²) in [6, 6.07) is 0. The number of hydrogen-bond acceptors (Lipinski definition) is 3. The van der Waals surface area contributed by atoms with Gasteiger partial charge >= 0.3 is 0 Å². The lowest BCUT2D eigenvalue weighted by Crippen LogP contribution is -2.23. The zero-order valence-corrected chi connectivity index (χ0v) is 7.15. The predicted octanol–water partition coefficient (Wildman–Crippen LogP) is 0.751. The van der Waals surface area contributed by atoms with Crippen molar-refractivity contribution in [3.63, 3.8) is 0 Å². The minimum atomic E-state index is 0.768. The van der Waals surface area contributed by atoms with Crippen LogP contribution < -0.4 is 10.8 Å². The fourth-order valence-electron chi connectivity index (χ4n) is 1.14. The fourth-order valence-corrected chi connectivity index (χ4v) is 1.50. The van der Waals surface area contributed by atoms with Crippen molar-refractivity contribution in [3.05, 3.63) is 10.8 Å². The third-order valence-corrected chi connectivity index (χ3v) is 2.19. The van der Waals surface area contributed by atoms with Crippen molar-refractivity contribution in [2.45, 2.75) is 18.1 Å². The summed E-state index contributed by atoms with van der Waals surface area (Å²) in [6.45, 7) is 0. The lowest BCUT2D eigenvalue weighted by Gasteiger charge is -1.88. The van der Waals surface area contributed by atoms with E-state index >= 15 is 0 Å². The van der Waals surface area contributed by atoms with Gasteiger partial charge in [-0.1, -0.05) is 17.8 Å². The SMILES string of the molecule is CSc1nc2c(o1)=CCCC=2. The van der Waals surface area contributed by atoms with Gasteiger partial charge in [0, 0.05) is 0 Å². The number of oxazole rings is 1. The van der Waals surface area contributed by atoms with Crippen LogP contribution in [0, 0.1) is 0 Å². The Balaban J connectivity index is 2.66. The molecule has 1 heterocycles. The van der Waals surface area contributed by atoms with Crippen LogP contribution in [0.2, 0.25) is 0 Å². The van der Waals surface area contributed by atoms with Gasteiger partial charge in [-0.15, -0.1) is 0 Å². The monoisotopic (exact) mass is 167 g/mol. The molecular formula is C8H9NOS. The van der Waals surface area contributed by atoms with Gasteiger partial charge in [0.1, 0.15) is 5.35 Å². The highest BCUT2D eigenvalue weighted by atomic mass is 32.2. The van der Waals surface area contributed by atoms with E-state index in [2.05, 4.69) is 17.1 Å². The maximum atomic E-state index is 5.42. The largest absolute Gasteiger partial charge is 0.432 e. The van der Waals surface area contributed by atoms with Crippen LogP contribution in [0.25, 0.3) is 12.2 Å². The van der Waals surface area contributed by atoms with Gasteiger partial charge < -0.3 is 4.42 Å². The first-order chi connectivity index (χ1) is 5.40. The second-order valence-corrected chi connectivity index (χ2v) is 3.18. The van der Waals surface area contributed by atoms with Crippen molar-refractivity contribution in [1.82, 2.24) is 4.98 Å². The van der Waals surface area contributed by atoms with Crippen LogP contribution in [0.1, 0.15) is 12.8 Å². The molecule has 0 amide bonds. The molecule has 0 saturated carbocycles. The first-order valence-electron chi connectivity index (χ1n) is 3.61. The zero-order chi connectivity index (χ0) is 7.68. The molecule has 0 aromatic carbocycles. The van der Waals surface area contributed by atoms with E-state index in [-0.39, 0.29) is 0 Å². The van der Waals surface area contributed by atoms with E-state index in [1.807, 2.05) is 6.26 Å². The molecule has 1 aliphatic rings. The molecule has 2 nitrogen and oxygen atoms in total. The number of nitrogens with zero attached hydrogens (tertiary/aromatic N) is 1. The molecule has 1 aromatic rings. The van der Waals surface area contributed by atoms with Crippen molar-refractivity contribution in [1.29, 1.82) is 0 Å². The molecule has 1 aliphatic carbocycles. The minimum Gasteiger partial charge on any atom is -0.432 e. The number of rotatable bonds is 1. The van der Waals surface area contributed by atoms with E-state index in [1.165, 1.54) is 0 Å². The zero-order valence-electron chi connectivity index (χ0n) is 6.33. The molecule has 0 saturated heterocycles. The summed E-state index contributed by atoms with van der Waals surface area (Å²) in [5.41, 5.74) is 0.945. The Morgan fingerprint density at radius 2 is 2.27 bits per heavy atom. The highest BCUT2D eigenvalue weighted by Crippen LogP contribution is 2.06. The summed E-state index contributed by atoms with van der Waals surface area (Å²) in [7, 11) is 0. The van der Waals surface area contributed by atoms with Gasteiger partial charge in [0.15, 0.2) is 5.42 Å². The third kappa shape index (κ3) is 1.20. The van der Waals surface area contributed by atoms with E-state index in [0.717, 1.165) is 28.8 Å². The first kappa shape index (κ1) is 6.98. The van der Waals surface area contributed by atoms with Gasteiger partial charge in [0.2, 0.25) is 0 Å². The van der Waals surface area contributed by atoms with Crippen molar-refractivity contribution in [2.24, 2.45) is 0 Å². The molecule has 0 N–H and O–H groups in total. The Morgan fingerprint density at radius 1 is 1.45 bits per heavy atom. The topological polar surface area (TPSA) is 26.0 Å². The van der Waals surface area contributed by atoms with Gasteiger partial charge in [0.05, 0.1) is 0 Å². The van der Waals surface area contributed by atoms with Crippen LogP contribution in [-0.2, 0) is 0 Å². The predicted molar refractivity (Wildman–Crippen MR) is 45.7 cm³/mol. The fraction of sp³-hybridized carbons (Fsp3) is 0.375. The highest BCUT2D eigenvalue weighted by molar-refractivity contribution is 7.98. The number of hydrogen-bond donors (Lipinski definition) is 0. The van der Waals surface area contributed by atoms with Crippen molar-refractivity contribution in [2.75, 3.05) is 6.26 Å². The van der Waals surface area contributed by atoms with Crippen LogP contribution in [0.3, 0.4) is 0 Å². The quantitative estimate of drug-likeness (QED) is 0.577. The summed E-state index contributed by atoms with van der Waals surface area (Å²) in [4.78, 5) is 4.28. The van der Waals surface area contributed by atoms with Crippen LogP contribution in [0.4, 0.5) is 0 Å². The minimum absolute atomic E-state index is 0.768. The highest BCUT2D eigenvalue weighted by Gasteiger charge is 2.01. The summed E-state index contributed by atoms with van der Waals surface area (Å²) >= 11 is 1.54. The van der Waals surface area contributed by atoms with Gasteiger partial charge in [-0.25, -0.2) is 4.98 Å². The Labute approximate surface area is 69.0 Å². The van der Waals surface area contributed by atoms with Crippen LogP contribution in [-0.4, -0.2) is 11.2 Å². The van der Waals surface area contributed by atoms with E-state index in [9.17, 15) is 0 Å². The first-order valence-corrected chi connectivity index (χ1v) is 4.84. The molecular weight excluding hydrogens is 158 g/mol. The summed E-state index contributed by atoms with van der Waals surface area (Å²) in [6.07, 6.45) is 8.36. The van der Waals surface area contributed by atoms with Gasteiger partial charge in [0.25, 0.3) is 5.22 Å². The molecule has 0 bridgehead atoms. The van der Waals surface area contributed by atoms with E-state index < -0.39 is 0 Å². The number of fused-ring (bicyclic) bond motifs is 1. The molecule has 1 aromatic heterocycles. The average Bonchev–Trinajstić information content (AvgIpc) is 2.46. The van der Waals surface area contributed by atoms with Crippen LogP contribution in [0.15, 0.2) is 9.64 Å². The Morgan fingerprint density at radius 3 is 3.00 bits per heavy atom. The van der Waals surface area contributed by atoms with Gasteiger partial charge in [-0.2, -0.15) is 0 Å². The molecule has 11 heavy (non-hydrogen) atoms. The maximum absolute atomic E-state index is 5.42. The molecule has 0 spiro atoms. The normalized spacial score (nSPS) is 15.0. The van der Waals surface area contributed by atoms with E-state index in [1.54, 1.807) is 11.8 Å². The van der Waals surface area contributed by atoms with Gasteiger partial charge in [-0.3, -0.25) is 0 Å². The smallest absolute Gasteiger partial charge is 0.256 e. The lowest BCUT2D eigenvalue weighted by atomic mass is 10.2. The van der Waals surface area contributed by atoms with Crippen molar-refractivity contribution in [3.8, 4) is 0 Å². The molecule has 0 atom stereocenters. The second-order valence-electron chi connectivity index (χ2n) is 2.42. The molecule has 58 valence electrons. The van der Waals surface area contributed by atoms with Gasteiger partial charge in [-0.05, 0) is 25.2 Å². The molecule has 0 unspecified atom stereocenters. The summed E-state index contributed by atoms with van der Waals surface area (Å²) in [5.74, 6) is 0.